The van der Waals surface area contributed by atoms with Gasteiger partial charge in [0, 0.05) is 29.5 Å². The van der Waals surface area contributed by atoms with Gasteiger partial charge in [-0.1, -0.05) is 95.5 Å². The zero-order valence-corrected chi connectivity index (χ0v) is 29.1. The van der Waals surface area contributed by atoms with Gasteiger partial charge in [0.2, 0.25) is 6.73 Å². The molecule has 5 rings (SSSR count). The Bertz CT molecular complexity index is 1490. The lowest BCUT2D eigenvalue weighted by molar-refractivity contribution is -0.855. The van der Waals surface area contributed by atoms with E-state index in [1.165, 1.54) is 29.6 Å². The number of aliphatic hydroxyl groups excluding tert-OH is 1. The first kappa shape index (κ1) is 36.0. The summed E-state index contributed by atoms with van der Waals surface area (Å²) in [4.78, 5) is 19.3. The zero-order valence-electron chi connectivity index (χ0n) is 29.1. The van der Waals surface area contributed by atoms with Crippen molar-refractivity contribution < 1.29 is 24.6 Å². The zero-order chi connectivity index (χ0) is 34.1. The fourth-order valence-electron chi connectivity index (χ4n) is 7.89. The van der Waals surface area contributed by atoms with Crippen molar-refractivity contribution >= 4 is 12.0 Å². The molecule has 1 aliphatic carbocycles. The number of ether oxygens (including phenoxy) is 1. The number of fused-ring (bicyclic) bond motifs is 1. The smallest absolute Gasteiger partial charge is 0.227 e. The molecule has 260 valence electrons. The molecule has 0 radical (unpaired) electrons. The average molecular weight is 658 g/mol. The van der Waals surface area contributed by atoms with Crippen LogP contribution in [0, 0.1) is 5.92 Å². The molecule has 8 heteroatoms. The van der Waals surface area contributed by atoms with Crippen LogP contribution in [0.3, 0.4) is 0 Å². The van der Waals surface area contributed by atoms with Crippen molar-refractivity contribution in [2.45, 2.75) is 121 Å². The lowest BCUT2D eigenvalue weighted by Gasteiger charge is -2.32. The lowest BCUT2D eigenvalue weighted by Crippen LogP contribution is -3.07. The molecule has 1 fully saturated rings. The SMILES string of the molecule is CCCCC[C@@H](O)[C@@H](CCCCC)C(=O)CCc1ccc(O)c(OC[NH+]2C=C3N=CC(C4(c5cccc(C(N)N)c5)CCCC4)=C3C2)c1. The molecular weight excluding hydrogens is 600 g/mol. The predicted molar refractivity (Wildman–Crippen MR) is 192 cm³/mol. The fourth-order valence-corrected chi connectivity index (χ4v) is 7.89. The molecule has 0 aromatic heterocycles. The number of allylic oxidation sites excluding steroid dienone is 1. The molecule has 2 aromatic rings. The highest BCUT2D eigenvalue weighted by Crippen LogP contribution is 2.49. The molecule has 2 aromatic carbocycles. The van der Waals surface area contributed by atoms with E-state index in [9.17, 15) is 15.0 Å². The normalized spacial score (nSPS) is 19.5. The number of aryl methyl sites for hydroxylation is 1. The number of carbonyl (C=O) groups excluding carboxylic acids is 1. The van der Waals surface area contributed by atoms with Crippen LogP contribution in [0.1, 0.15) is 120 Å². The summed E-state index contributed by atoms with van der Waals surface area (Å²) in [7, 11) is 0. The van der Waals surface area contributed by atoms with Gasteiger partial charge < -0.3 is 26.4 Å². The molecule has 0 amide bonds. The number of aromatic hydroxyl groups is 1. The summed E-state index contributed by atoms with van der Waals surface area (Å²) in [6.07, 6.45) is 16.2. The van der Waals surface area contributed by atoms with Crippen LogP contribution >= 0.6 is 0 Å². The quantitative estimate of drug-likeness (QED) is 0.0941. The van der Waals surface area contributed by atoms with E-state index in [4.69, 9.17) is 21.2 Å². The Morgan fingerprint density at radius 2 is 1.77 bits per heavy atom. The van der Waals surface area contributed by atoms with Crippen LogP contribution < -0.4 is 21.1 Å². The molecule has 0 spiro atoms. The first-order valence-electron chi connectivity index (χ1n) is 18.4. The number of aliphatic hydroxyl groups is 1. The van der Waals surface area contributed by atoms with E-state index in [-0.39, 0.29) is 22.9 Å². The maximum atomic E-state index is 13.3. The number of Topliss-reactive ketones (excluding diaryl/α,β-unsaturated/α-hetero) is 1. The van der Waals surface area contributed by atoms with Crippen molar-refractivity contribution in [3.8, 4) is 11.5 Å². The van der Waals surface area contributed by atoms with Crippen LogP contribution in [0.2, 0.25) is 0 Å². The lowest BCUT2D eigenvalue weighted by atomic mass is 9.71. The van der Waals surface area contributed by atoms with Crippen molar-refractivity contribution in [3.63, 3.8) is 0 Å². The van der Waals surface area contributed by atoms with Gasteiger partial charge in [-0.3, -0.25) is 14.7 Å². The second-order valence-electron chi connectivity index (χ2n) is 14.2. The minimum atomic E-state index is -0.574. The maximum absolute atomic E-state index is 13.3. The highest BCUT2D eigenvalue weighted by molar-refractivity contribution is 5.90. The number of phenols is 1. The molecular formula is C40H57N4O4+. The second-order valence-corrected chi connectivity index (χ2v) is 14.2. The highest BCUT2D eigenvalue weighted by Gasteiger charge is 2.44. The van der Waals surface area contributed by atoms with E-state index in [1.807, 2.05) is 18.2 Å². The summed E-state index contributed by atoms with van der Waals surface area (Å²) < 4.78 is 6.19. The summed E-state index contributed by atoms with van der Waals surface area (Å²) in [5, 5.41) is 21.5. The van der Waals surface area contributed by atoms with Crippen molar-refractivity contribution in [3.05, 3.63) is 82.2 Å². The molecule has 48 heavy (non-hydrogen) atoms. The van der Waals surface area contributed by atoms with Crippen molar-refractivity contribution in [1.29, 1.82) is 0 Å². The van der Waals surface area contributed by atoms with E-state index >= 15 is 0 Å². The predicted octanol–water partition coefficient (Wildman–Crippen LogP) is 5.92. The standard InChI is InChI=1S/C40H56N4O4/c1-3-5-7-14-31(35(45)15-8-6-4-2)36(46)18-16-28-17-19-37(47)38(22-28)48-27-44-25-32-33(24-43-34(32)26-44)40(20-9-10-21-40)30-13-11-12-29(23-30)39(41)42/h11-13,17,19,22-24,26,31,35,39,45,47H,3-10,14-16,18,20-21,25,27,41-42H2,1-2H3/p+1/t31-,35-/m1/s1. The fraction of sp³-hybridized carbons (Fsp3) is 0.550. The number of hydrogen-bond acceptors (Lipinski definition) is 7. The van der Waals surface area contributed by atoms with E-state index < -0.39 is 12.3 Å². The molecule has 3 atom stereocenters. The molecule has 0 bridgehead atoms. The number of ketones is 1. The molecule has 2 heterocycles. The number of carbonyl (C=O) groups is 1. The number of phenolic OH excluding ortho intramolecular Hbond substituents is 1. The third-order valence-electron chi connectivity index (χ3n) is 10.7. The Kier molecular flexibility index (Phi) is 12.7. The van der Waals surface area contributed by atoms with E-state index in [2.05, 4.69) is 44.5 Å². The van der Waals surface area contributed by atoms with Crippen molar-refractivity contribution in [2.24, 2.45) is 22.4 Å². The first-order chi connectivity index (χ1) is 23.3. The van der Waals surface area contributed by atoms with E-state index in [0.717, 1.165) is 86.1 Å². The van der Waals surface area contributed by atoms with Gasteiger partial charge in [0.15, 0.2) is 11.5 Å². The molecule has 3 aliphatic rings. The van der Waals surface area contributed by atoms with Crippen LogP contribution in [-0.2, 0) is 16.6 Å². The Morgan fingerprint density at radius 1 is 1.02 bits per heavy atom. The van der Waals surface area contributed by atoms with Gasteiger partial charge in [-0.25, -0.2) is 0 Å². The van der Waals surface area contributed by atoms with Crippen LogP contribution in [-0.4, -0.2) is 41.6 Å². The maximum Gasteiger partial charge on any atom is 0.227 e. The summed E-state index contributed by atoms with van der Waals surface area (Å²) in [5.41, 5.74) is 18.7. The van der Waals surface area contributed by atoms with Gasteiger partial charge in [0.05, 0.1) is 12.3 Å². The van der Waals surface area contributed by atoms with Crippen LogP contribution in [0.25, 0.3) is 0 Å². The van der Waals surface area contributed by atoms with Crippen molar-refractivity contribution in [2.75, 3.05) is 13.3 Å². The number of rotatable bonds is 19. The third kappa shape index (κ3) is 8.46. The van der Waals surface area contributed by atoms with Crippen LogP contribution in [0.5, 0.6) is 11.5 Å². The van der Waals surface area contributed by atoms with Gasteiger partial charge in [0.25, 0.3) is 0 Å². The van der Waals surface area contributed by atoms with E-state index in [0.29, 0.717) is 31.7 Å². The summed E-state index contributed by atoms with van der Waals surface area (Å²) in [6.45, 7) is 5.41. The Labute approximate surface area is 287 Å². The Balaban J connectivity index is 1.22. The highest BCUT2D eigenvalue weighted by atomic mass is 16.5. The topological polar surface area (TPSA) is 136 Å². The molecule has 1 unspecified atom stereocenters. The number of unbranched alkanes of at least 4 members (excludes halogenated alkanes) is 4. The van der Waals surface area contributed by atoms with Gasteiger partial charge in [0.1, 0.15) is 24.2 Å². The van der Waals surface area contributed by atoms with Crippen LogP contribution in [0.4, 0.5) is 0 Å². The number of nitrogens with two attached hydrogens (primary N) is 2. The number of quaternary nitrogens is 1. The monoisotopic (exact) mass is 657 g/mol. The Morgan fingerprint density at radius 3 is 2.50 bits per heavy atom. The molecule has 7 N–H and O–H groups in total. The van der Waals surface area contributed by atoms with Crippen molar-refractivity contribution in [1.82, 2.24) is 0 Å². The van der Waals surface area contributed by atoms with Gasteiger partial charge >= 0.3 is 0 Å². The van der Waals surface area contributed by atoms with Crippen LogP contribution in [0.15, 0.2) is 70.5 Å². The second kappa shape index (κ2) is 16.9. The van der Waals surface area contributed by atoms with E-state index in [1.54, 1.807) is 6.07 Å². The number of aliphatic imine (C=N–C) groups is 1. The third-order valence-corrected chi connectivity index (χ3v) is 10.7. The minimum absolute atomic E-state index is 0.0844. The first-order valence-corrected chi connectivity index (χ1v) is 18.4. The molecule has 2 aliphatic heterocycles. The summed E-state index contributed by atoms with van der Waals surface area (Å²) in [6, 6.07) is 13.8. The minimum Gasteiger partial charge on any atom is -0.504 e. The van der Waals surface area contributed by atoms with Gasteiger partial charge in [-0.05, 0) is 66.5 Å². The number of hydrogen-bond donors (Lipinski definition) is 5. The molecule has 1 saturated carbocycles. The van der Waals surface area contributed by atoms with Gasteiger partial charge in [-0.2, -0.15) is 0 Å². The summed E-state index contributed by atoms with van der Waals surface area (Å²) in [5.74, 6) is 0.329. The summed E-state index contributed by atoms with van der Waals surface area (Å²) >= 11 is 0. The molecule has 8 nitrogen and oxygen atoms in total. The Hall–Kier alpha value is -3.30. The number of benzene rings is 2. The van der Waals surface area contributed by atoms with Gasteiger partial charge in [-0.15, -0.1) is 0 Å². The number of nitrogens with zero attached hydrogens (tertiary/aromatic N) is 1. The largest absolute Gasteiger partial charge is 0.504 e. The number of nitrogens with one attached hydrogen (secondary N) is 1. The molecule has 0 saturated heterocycles. The average Bonchev–Trinajstić information content (AvgIpc) is 3.83.